The molecule has 2 aliphatic rings. The molecule has 1 aromatic carbocycles. The summed E-state index contributed by atoms with van der Waals surface area (Å²) in [5, 5.41) is 3.65. The van der Waals surface area contributed by atoms with Crippen LogP contribution in [0.4, 0.5) is 14.6 Å². The highest BCUT2D eigenvalue weighted by Crippen LogP contribution is 2.36. The summed E-state index contributed by atoms with van der Waals surface area (Å²) in [7, 11) is 0. The van der Waals surface area contributed by atoms with Crippen molar-refractivity contribution in [1.29, 1.82) is 0 Å². The normalized spacial score (nSPS) is 18.5. The molecule has 0 unspecified atom stereocenters. The van der Waals surface area contributed by atoms with Gasteiger partial charge in [-0.05, 0) is 68.1 Å². The maximum atomic E-state index is 16.2. The Hall–Kier alpha value is -4.51. The first-order valence-corrected chi connectivity index (χ1v) is 14.9. The van der Waals surface area contributed by atoms with E-state index in [0.29, 0.717) is 54.9 Å². The summed E-state index contributed by atoms with van der Waals surface area (Å²) in [5.41, 5.74) is 2.08. The average molecular weight is 600 g/mol. The molecule has 5 heterocycles. The number of anilines is 1. The predicted molar refractivity (Wildman–Crippen MR) is 166 cm³/mol. The minimum Gasteiger partial charge on any atom is -0.349 e. The smallest absolute Gasteiger partial charge is 0.349 e. The highest BCUT2D eigenvalue weighted by Gasteiger charge is 2.34. The van der Waals surface area contributed by atoms with Gasteiger partial charge in [-0.2, -0.15) is 4.98 Å². The van der Waals surface area contributed by atoms with Crippen molar-refractivity contribution in [2.24, 2.45) is 0 Å². The summed E-state index contributed by atoms with van der Waals surface area (Å²) in [6, 6.07) is 7.32. The molecular weight excluding hydrogens is 564 g/mol. The average Bonchev–Trinajstić information content (AvgIpc) is 2.99. The number of hydrogen-bond acceptors (Lipinski definition) is 7. The van der Waals surface area contributed by atoms with E-state index in [9.17, 15) is 9.59 Å². The Morgan fingerprint density at radius 2 is 1.89 bits per heavy atom. The number of fused-ring (bicyclic) bond motifs is 5. The molecule has 0 aliphatic carbocycles. The second-order valence-corrected chi connectivity index (χ2v) is 11.8. The SMILES string of the molecule is C=CC(=O)N1C[C@H](C)N(c2nc(=O)n3c4nc(c(F)cc24)-c2c(F)cccc2CNCCc2ccnc(C(C)C)c2-3)C[C@H]1C. The molecule has 0 spiro atoms. The lowest BCUT2D eigenvalue weighted by atomic mass is 10.00. The molecule has 2 aliphatic heterocycles. The zero-order valence-electron chi connectivity index (χ0n) is 25.3. The van der Waals surface area contributed by atoms with E-state index in [2.05, 4.69) is 21.9 Å². The number of pyridine rings is 2. The van der Waals surface area contributed by atoms with Gasteiger partial charge >= 0.3 is 5.69 Å². The Morgan fingerprint density at radius 1 is 1.09 bits per heavy atom. The topological polar surface area (TPSA) is 96.3 Å². The third-order valence-corrected chi connectivity index (χ3v) is 8.55. The van der Waals surface area contributed by atoms with Crippen molar-refractivity contribution in [3.8, 4) is 16.9 Å². The van der Waals surface area contributed by atoms with Crippen LogP contribution in [-0.4, -0.2) is 62.0 Å². The maximum absolute atomic E-state index is 16.2. The quantitative estimate of drug-likeness (QED) is 0.347. The molecule has 6 rings (SSSR count). The maximum Gasteiger partial charge on any atom is 0.355 e. The van der Waals surface area contributed by atoms with Crippen molar-refractivity contribution >= 4 is 22.8 Å². The van der Waals surface area contributed by atoms with Gasteiger partial charge in [0.2, 0.25) is 5.91 Å². The zero-order chi connectivity index (χ0) is 31.3. The Kier molecular flexibility index (Phi) is 7.75. The lowest BCUT2D eigenvalue weighted by molar-refractivity contribution is -0.128. The lowest BCUT2D eigenvalue weighted by Crippen LogP contribution is -2.58. The van der Waals surface area contributed by atoms with Crippen molar-refractivity contribution < 1.29 is 13.6 Å². The van der Waals surface area contributed by atoms with Crippen molar-refractivity contribution in [1.82, 2.24) is 29.7 Å². The summed E-state index contributed by atoms with van der Waals surface area (Å²) in [4.78, 5) is 44.3. The van der Waals surface area contributed by atoms with Crippen molar-refractivity contribution in [3.63, 3.8) is 0 Å². The van der Waals surface area contributed by atoms with Gasteiger partial charge in [-0.15, -0.1) is 0 Å². The fourth-order valence-electron chi connectivity index (χ4n) is 6.37. The molecule has 44 heavy (non-hydrogen) atoms. The first-order valence-electron chi connectivity index (χ1n) is 14.9. The van der Waals surface area contributed by atoms with Crippen LogP contribution in [0, 0.1) is 11.6 Å². The van der Waals surface area contributed by atoms with E-state index in [-0.39, 0.29) is 46.6 Å². The second-order valence-electron chi connectivity index (χ2n) is 11.8. The number of hydrogen-bond donors (Lipinski definition) is 1. The number of halogens is 2. The van der Waals surface area contributed by atoms with Gasteiger partial charge in [0.15, 0.2) is 5.65 Å². The summed E-state index contributed by atoms with van der Waals surface area (Å²) in [6.45, 7) is 13.0. The van der Waals surface area contributed by atoms with E-state index in [4.69, 9.17) is 4.98 Å². The van der Waals surface area contributed by atoms with Gasteiger partial charge in [0, 0.05) is 43.5 Å². The second kappa shape index (κ2) is 11.5. The highest BCUT2D eigenvalue weighted by molar-refractivity contribution is 5.91. The third kappa shape index (κ3) is 4.94. The number of carbonyl (C=O) groups is 1. The summed E-state index contributed by atoms with van der Waals surface area (Å²) in [5.74, 6) is -1.31. The number of piperazine rings is 1. The van der Waals surface area contributed by atoms with Crippen molar-refractivity contribution in [2.45, 2.75) is 58.7 Å². The van der Waals surface area contributed by atoms with Gasteiger partial charge in [0.05, 0.1) is 16.8 Å². The summed E-state index contributed by atoms with van der Waals surface area (Å²) in [6.07, 6.45) is 3.57. The standard InChI is InChI=1S/C33H35F2N7O2/c1-6-26(43)40-16-20(5)41(17-19(40)4)31-23-14-25(35)29-27-22(8-7-9-24(27)34)15-36-12-10-21-11-13-37-28(18(2)3)30(21)42(32(23)38-29)33(44)39-31/h6-9,11,13-14,18-20,36H,1,10,12,15-17H2,2-5H3/t19-,20+/m1/s1. The molecule has 2 bridgehead atoms. The van der Waals surface area contributed by atoms with Crippen molar-refractivity contribution in [2.75, 3.05) is 24.5 Å². The number of aromatic nitrogens is 4. The molecule has 1 fully saturated rings. The first kappa shape index (κ1) is 29.6. The largest absolute Gasteiger partial charge is 0.355 e. The number of nitrogens with zero attached hydrogens (tertiary/aromatic N) is 6. The number of carbonyl (C=O) groups excluding carboxylic acids is 1. The van der Waals surface area contributed by atoms with Gasteiger partial charge in [-0.3, -0.25) is 9.78 Å². The predicted octanol–water partition coefficient (Wildman–Crippen LogP) is 4.50. The third-order valence-electron chi connectivity index (χ3n) is 8.55. The monoisotopic (exact) mass is 599 g/mol. The summed E-state index contributed by atoms with van der Waals surface area (Å²) >= 11 is 0. The van der Waals surface area contributed by atoms with Crippen LogP contribution in [0.15, 0.2) is 54.0 Å². The molecule has 3 aromatic heterocycles. The van der Waals surface area contributed by atoms with E-state index >= 15 is 8.78 Å². The van der Waals surface area contributed by atoms with Gasteiger partial charge in [0.25, 0.3) is 0 Å². The van der Waals surface area contributed by atoms with Crippen LogP contribution in [0.25, 0.3) is 28.0 Å². The minimum absolute atomic E-state index is 0.0476. The lowest BCUT2D eigenvalue weighted by Gasteiger charge is -2.44. The molecule has 0 radical (unpaired) electrons. The van der Waals surface area contributed by atoms with Crippen LogP contribution in [0.2, 0.25) is 0 Å². The molecule has 4 aromatic rings. The number of rotatable bonds is 3. The Labute approximate surface area is 254 Å². The van der Waals surface area contributed by atoms with Crippen LogP contribution < -0.4 is 15.9 Å². The molecule has 0 saturated carbocycles. The summed E-state index contributed by atoms with van der Waals surface area (Å²) < 4.78 is 33.1. The van der Waals surface area contributed by atoms with E-state index in [1.165, 1.54) is 22.8 Å². The molecule has 1 saturated heterocycles. The Balaban J connectivity index is 1.69. The number of benzene rings is 1. The minimum atomic E-state index is -0.731. The number of amides is 1. The van der Waals surface area contributed by atoms with Gasteiger partial charge in [-0.25, -0.2) is 23.1 Å². The molecular formula is C33H35F2N7O2. The molecule has 228 valence electrons. The van der Waals surface area contributed by atoms with Crippen LogP contribution in [0.3, 0.4) is 0 Å². The molecule has 1 N–H and O–H groups in total. The molecule has 11 heteroatoms. The molecule has 2 atom stereocenters. The van der Waals surface area contributed by atoms with E-state index in [1.807, 2.05) is 38.7 Å². The van der Waals surface area contributed by atoms with Gasteiger partial charge in [0.1, 0.15) is 23.1 Å². The van der Waals surface area contributed by atoms with Crippen LogP contribution >= 0.6 is 0 Å². The first-order chi connectivity index (χ1) is 21.1. The van der Waals surface area contributed by atoms with Crippen LogP contribution in [0.1, 0.15) is 50.4 Å². The van der Waals surface area contributed by atoms with Gasteiger partial charge in [-0.1, -0.05) is 32.6 Å². The van der Waals surface area contributed by atoms with E-state index in [1.54, 1.807) is 23.2 Å². The number of nitrogens with one attached hydrogen (secondary N) is 1. The van der Waals surface area contributed by atoms with Gasteiger partial charge < -0.3 is 15.1 Å². The zero-order valence-corrected chi connectivity index (χ0v) is 25.3. The van der Waals surface area contributed by atoms with E-state index in [0.717, 1.165) is 5.56 Å². The van der Waals surface area contributed by atoms with Crippen molar-refractivity contribution in [3.05, 3.63) is 88.1 Å². The van der Waals surface area contributed by atoms with Crippen LogP contribution in [-0.2, 0) is 17.8 Å². The highest BCUT2D eigenvalue weighted by atomic mass is 19.1. The fraction of sp³-hybridized carbons (Fsp3) is 0.364. The fourth-order valence-corrected chi connectivity index (χ4v) is 6.37. The van der Waals surface area contributed by atoms with Crippen LogP contribution in [0.5, 0.6) is 0 Å². The van der Waals surface area contributed by atoms with E-state index < -0.39 is 17.3 Å². The molecule has 9 nitrogen and oxygen atoms in total. The Bertz CT molecular complexity index is 1850. The molecule has 1 amide bonds. The Morgan fingerprint density at radius 3 is 2.64 bits per heavy atom.